The third-order valence-corrected chi connectivity index (χ3v) is 8.64. The van der Waals surface area contributed by atoms with Gasteiger partial charge in [-0.3, -0.25) is 14.1 Å². The van der Waals surface area contributed by atoms with Gasteiger partial charge in [-0.05, 0) is 78.8 Å². The fourth-order valence-electron chi connectivity index (χ4n) is 4.27. The Balaban J connectivity index is 1.88. The molecular weight excluding hydrogens is 623 g/mol. The molecule has 0 saturated carbocycles. The number of methoxy groups -OCH3 is 1. The van der Waals surface area contributed by atoms with Crippen LogP contribution in [0.4, 0.5) is 18.9 Å². The van der Waals surface area contributed by atoms with Crippen molar-refractivity contribution in [2.24, 2.45) is 10.5 Å². The minimum atomic E-state index is -4.54. The van der Waals surface area contributed by atoms with Gasteiger partial charge < -0.3 is 4.74 Å². The van der Waals surface area contributed by atoms with E-state index in [2.05, 4.69) is 15.9 Å². The number of hydrogen-bond acceptors (Lipinski definition) is 6. The highest BCUT2D eigenvalue weighted by Gasteiger charge is 2.41. The van der Waals surface area contributed by atoms with Crippen LogP contribution in [0.3, 0.4) is 0 Å². The first-order valence-electron chi connectivity index (χ1n) is 11.9. The fraction of sp³-hybridized carbons (Fsp3) is 0.462. The largest absolute Gasteiger partial charge is 0.417 e. The van der Waals surface area contributed by atoms with Crippen molar-refractivity contribution in [3.8, 4) is 0 Å². The molecule has 0 saturated heterocycles. The van der Waals surface area contributed by atoms with E-state index in [1.807, 2.05) is 37.4 Å². The van der Waals surface area contributed by atoms with Gasteiger partial charge in [0, 0.05) is 29.3 Å². The summed E-state index contributed by atoms with van der Waals surface area (Å²) in [5.74, 6) is 1.38. The molecule has 0 fully saturated rings. The number of amides is 1. The zero-order chi connectivity index (χ0) is 27.9. The van der Waals surface area contributed by atoms with Crippen molar-refractivity contribution in [2.75, 3.05) is 48.9 Å². The van der Waals surface area contributed by atoms with Gasteiger partial charge in [-0.2, -0.15) is 30.0 Å². The molecule has 0 radical (unpaired) electrons. The Labute approximate surface area is 243 Å². The molecule has 1 amide bonds. The lowest BCUT2D eigenvalue weighted by molar-refractivity contribution is -0.137. The van der Waals surface area contributed by atoms with E-state index in [1.54, 1.807) is 28.2 Å². The van der Waals surface area contributed by atoms with Crippen LogP contribution in [0.1, 0.15) is 30.9 Å². The first-order valence-corrected chi connectivity index (χ1v) is 15.4. The van der Waals surface area contributed by atoms with E-state index in [0.29, 0.717) is 30.2 Å². The Kier molecular flexibility index (Phi) is 11.3. The summed E-state index contributed by atoms with van der Waals surface area (Å²) < 4.78 is 47.6. The zero-order valence-corrected chi connectivity index (χ0v) is 25.3. The average Bonchev–Trinajstić information content (AvgIpc) is 3.17. The van der Waals surface area contributed by atoms with E-state index in [-0.39, 0.29) is 17.5 Å². The van der Waals surface area contributed by atoms with Crippen LogP contribution in [-0.2, 0) is 15.7 Å². The third kappa shape index (κ3) is 8.06. The van der Waals surface area contributed by atoms with Crippen LogP contribution >= 0.6 is 51.2 Å². The molecule has 0 aromatic heterocycles. The molecule has 2 aromatic carbocycles. The van der Waals surface area contributed by atoms with Crippen LogP contribution in [0.2, 0.25) is 5.02 Å². The van der Waals surface area contributed by atoms with Gasteiger partial charge in [0.2, 0.25) is 0 Å². The van der Waals surface area contributed by atoms with Gasteiger partial charge in [0.25, 0.3) is 5.91 Å². The molecule has 1 heterocycles. The molecule has 1 atom stereocenters. The van der Waals surface area contributed by atoms with E-state index in [9.17, 15) is 18.0 Å². The first-order chi connectivity index (χ1) is 18.0. The van der Waals surface area contributed by atoms with Gasteiger partial charge >= 0.3 is 6.18 Å². The third-order valence-electron chi connectivity index (χ3n) is 6.08. The summed E-state index contributed by atoms with van der Waals surface area (Å²) in [5, 5.41) is 6.11. The zero-order valence-electron chi connectivity index (χ0n) is 21.4. The Morgan fingerprint density at radius 1 is 1.24 bits per heavy atom. The lowest BCUT2D eigenvalue weighted by atomic mass is 9.78. The van der Waals surface area contributed by atoms with Crippen LogP contribution in [0.5, 0.6) is 0 Å². The van der Waals surface area contributed by atoms with Crippen molar-refractivity contribution >= 4 is 68.5 Å². The molecular formula is C26H30BrClF3N3O2S2. The number of nitrogens with zero attached hydrogens (tertiary/aromatic N) is 3. The molecule has 0 bridgehead atoms. The Morgan fingerprint density at radius 3 is 2.55 bits per heavy atom. The van der Waals surface area contributed by atoms with Crippen molar-refractivity contribution in [3.05, 3.63) is 63.1 Å². The van der Waals surface area contributed by atoms with Gasteiger partial charge in [-0.15, -0.1) is 0 Å². The predicted octanol–water partition coefficient (Wildman–Crippen LogP) is 7.62. The highest BCUT2D eigenvalue weighted by atomic mass is 79.9. The summed E-state index contributed by atoms with van der Waals surface area (Å²) in [6, 6.07) is 11.2. The molecule has 0 aliphatic carbocycles. The maximum atomic E-state index is 13.5. The molecule has 208 valence electrons. The van der Waals surface area contributed by atoms with Crippen LogP contribution in [-0.4, -0.2) is 61.2 Å². The van der Waals surface area contributed by atoms with Crippen LogP contribution in [0.15, 0.2) is 52.0 Å². The highest BCUT2D eigenvalue weighted by molar-refractivity contribution is 9.10. The summed E-state index contributed by atoms with van der Waals surface area (Å²) in [6.45, 7) is 3.02. The lowest BCUT2D eigenvalue weighted by Gasteiger charge is -2.28. The van der Waals surface area contributed by atoms with Crippen molar-refractivity contribution in [1.82, 2.24) is 5.01 Å². The number of carbonyl (C=O) groups excluding carboxylic acids is 1. The molecule has 1 aliphatic heterocycles. The summed E-state index contributed by atoms with van der Waals surface area (Å²) in [6.07, 6.45) is -0.825. The van der Waals surface area contributed by atoms with E-state index < -0.39 is 17.2 Å². The maximum Gasteiger partial charge on any atom is 0.417 e. The molecule has 0 spiro atoms. The number of ether oxygens (including phenoxy) is 1. The highest BCUT2D eigenvalue weighted by Crippen LogP contribution is 2.39. The second-order valence-corrected chi connectivity index (χ2v) is 12.5. The van der Waals surface area contributed by atoms with E-state index in [0.717, 1.165) is 34.8 Å². The van der Waals surface area contributed by atoms with Gasteiger partial charge in [-0.25, -0.2) is 0 Å². The number of carbonyl (C=O) groups is 1. The number of benzene rings is 2. The number of anilines is 1. The van der Waals surface area contributed by atoms with Crippen molar-refractivity contribution in [2.45, 2.75) is 25.9 Å². The second kappa shape index (κ2) is 13.8. The number of halogens is 5. The number of alkyl halides is 3. The fourth-order valence-corrected chi connectivity index (χ4v) is 6.15. The average molecular weight is 653 g/mol. The summed E-state index contributed by atoms with van der Waals surface area (Å²) in [5.41, 5.74) is 0.578. The van der Waals surface area contributed by atoms with Gasteiger partial charge in [0.05, 0.1) is 28.6 Å². The minimum Gasteiger partial charge on any atom is -0.384 e. The minimum absolute atomic E-state index is 0.0199. The Morgan fingerprint density at radius 2 is 1.95 bits per heavy atom. The molecule has 12 heteroatoms. The lowest BCUT2D eigenvalue weighted by Crippen LogP contribution is -2.37. The van der Waals surface area contributed by atoms with Crippen molar-refractivity contribution in [1.29, 1.82) is 0 Å². The normalized spacial score (nSPS) is 17.6. The molecule has 2 aromatic rings. The SMILES string of the molecule is COCCSN(C(=O)CN1CC(C)(CCCSC)C(c2ccc(C(F)(F)F)c(Cl)c2)=N1)c1ccc(Br)cc1. The number of hydrazone groups is 1. The van der Waals surface area contributed by atoms with E-state index in [4.69, 9.17) is 21.4 Å². The Hall–Kier alpha value is -1.40. The van der Waals surface area contributed by atoms with Crippen molar-refractivity contribution < 1.29 is 22.7 Å². The number of rotatable bonds is 12. The van der Waals surface area contributed by atoms with Crippen molar-refractivity contribution in [3.63, 3.8) is 0 Å². The van der Waals surface area contributed by atoms with Gasteiger partial charge in [0.15, 0.2) is 0 Å². The topological polar surface area (TPSA) is 45.1 Å². The van der Waals surface area contributed by atoms with Crippen LogP contribution < -0.4 is 4.31 Å². The quantitative estimate of drug-likeness (QED) is 0.174. The summed E-state index contributed by atoms with van der Waals surface area (Å²) in [4.78, 5) is 13.5. The first kappa shape index (κ1) is 31.1. The molecule has 1 unspecified atom stereocenters. The smallest absolute Gasteiger partial charge is 0.384 e. The summed E-state index contributed by atoms with van der Waals surface area (Å²) >= 11 is 12.6. The molecule has 0 N–H and O–H groups in total. The number of hydrogen-bond donors (Lipinski definition) is 0. The Bertz CT molecular complexity index is 1140. The monoisotopic (exact) mass is 651 g/mol. The predicted molar refractivity (Wildman–Crippen MR) is 156 cm³/mol. The van der Waals surface area contributed by atoms with Crippen LogP contribution in [0.25, 0.3) is 0 Å². The maximum absolute atomic E-state index is 13.5. The van der Waals surface area contributed by atoms with E-state index >= 15 is 0 Å². The molecule has 5 nitrogen and oxygen atoms in total. The van der Waals surface area contributed by atoms with E-state index in [1.165, 1.54) is 24.1 Å². The van der Waals surface area contributed by atoms with Gasteiger partial charge in [0.1, 0.15) is 6.54 Å². The number of thioether (sulfide) groups is 1. The second-order valence-electron chi connectivity index (χ2n) is 9.11. The molecule has 38 heavy (non-hydrogen) atoms. The molecule has 3 rings (SSSR count). The summed E-state index contributed by atoms with van der Waals surface area (Å²) in [7, 11) is 1.61. The molecule has 1 aliphatic rings. The van der Waals surface area contributed by atoms with Crippen LogP contribution in [0, 0.1) is 5.41 Å². The van der Waals surface area contributed by atoms with Gasteiger partial charge in [-0.1, -0.05) is 40.5 Å². The standard InChI is InChI=1S/C26H30BrClF3N3O2S2/c1-25(11-4-13-37-3)17-33(32-24(25)18-5-10-21(22(28)15-18)26(29,30)31)16-23(35)34(38-14-12-36-2)20-8-6-19(27)7-9-20/h5-10,15H,4,11-14,16-17H2,1-3H3.